The molecule has 190 valence electrons. The SMILES string of the molecule is CC(=Cc1ccc(CNc2ccc(-c3cc4c(N[C@H](C)c5ccccc5)ncnc4[nH]3)cc2)cc1)C(=O)O. The first-order valence-electron chi connectivity index (χ1n) is 12.5. The fraction of sp³-hybridized carbons (Fsp3) is 0.129. The van der Waals surface area contributed by atoms with Gasteiger partial charge in [-0.3, -0.25) is 0 Å². The van der Waals surface area contributed by atoms with Crippen LogP contribution in [0.4, 0.5) is 11.5 Å². The van der Waals surface area contributed by atoms with Crippen LogP contribution in [0.2, 0.25) is 0 Å². The lowest BCUT2D eigenvalue weighted by atomic mass is 10.1. The number of nitrogens with zero attached hydrogens (tertiary/aromatic N) is 2. The van der Waals surface area contributed by atoms with Crippen molar-refractivity contribution in [3.8, 4) is 11.3 Å². The molecule has 0 aliphatic heterocycles. The molecule has 4 N–H and O–H groups in total. The van der Waals surface area contributed by atoms with Crippen LogP contribution in [-0.2, 0) is 11.3 Å². The lowest BCUT2D eigenvalue weighted by molar-refractivity contribution is -0.132. The van der Waals surface area contributed by atoms with Gasteiger partial charge in [-0.2, -0.15) is 0 Å². The van der Waals surface area contributed by atoms with E-state index < -0.39 is 5.97 Å². The Balaban J connectivity index is 1.25. The molecule has 0 bridgehead atoms. The summed E-state index contributed by atoms with van der Waals surface area (Å²) in [7, 11) is 0. The first-order chi connectivity index (χ1) is 18.5. The second-order valence-corrected chi connectivity index (χ2v) is 9.25. The zero-order chi connectivity index (χ0) is 26.5. The summed E-state index contributed by atoms with van der Waals surface area (Å²) in [6, 6.07) is 28.6. The van der Waals surface area contributed by atoms with Crippen LogP contribution >= 0.6 is 0 Å². The van der Waals surface area contributed by atoms with Gasteiger partial charge in [-0.05, 0) is 60.4 Å². The molecule has 38 heavy (non-hydrogen) atoms. The number of aliphatic carboxylic acids is 1. The smallest absolute Gasteiger partial charge is 0.331 e. The van der Waals surface area contributed by atoms with E-state index in [9.17, 15) is 4.79 Å². The Bertz CT molecular complexity index is 1570. The van der Waals surface area contributed by atoms with Crippen LogP contribution in [0.5, 0.6) is 0 Å². The minimum Gasteiger partial charge on any atom is -0.478 e. The number of rotatable bonds is 9. The molecule has 7 nitrogen and oxygen atoms in total. The van der Waals surface area contributed by atoms with E-state index >= 15 is 0 Å². The van der Waals surface area contributed by atoms with E-state index in [-0.39, 0.29) is 6.04 Å². The summed E-state index contributed by atoms with van der Waals surface area (Å²) in [6.45, 7) is 4.37. The third kappa shape index (κ3) is 5.73. The zero-order valence-corrected chi connectivity index (χ0v) is 21.3. The van der Waals surface area contributed by atoms with Crippen LogP contribution in [0.15, 0.2) is 96.8 Å². The van der Waals surface area contributed by atoms with Crippen molar-refractivity contribution in [2.75, 3.05) is 10.6 Å². The topological polar surface area (TPSA) is 103 Å². The summed E-state index contributed by atoms with van der Waals surface area (Å²) in [5.74, 6) is -0.110. The van der Waals surface area contributed by atoms with E-state index in [1.165, 1.54) is 5.56 Å². The number of nitrogens with one attached hydrogen (secondary N) is 3. The number of hydrogen-bond acceptors (Lipinski definition) is 5. The summed E-state index contributed by atoms with van der Waals surface area (Å²) >= 11 is 0. The van der Waals surface area contributed by atoms with Gasteiger partial charge in [0.2, 0.25) is 0 Å². The van der Waals surface area contributed by atoms with Crippen LogP contribution in [0.1, 0.15) is 36.6 Å². The fourth-order valence-corrected chi connectivity index (χ4v) is 4.26. The highest BCUT2D eigenvalue weighted by Crippen LogP contribution is 2.29. The van der Waals surface area contributed by atoms with Crippen LogP contribution in [0.3, 0.4) is 0 Å². The predicted octanol–water partition coefficient (Wildman–Crippen LogP) is 6.90. The Kier molecular flexibility index (Phi) is 7.17. The molecule has 3 aromatic carbocycles. The van der Waals surface area contributed by atoms with Crippen molar-refractivity contribution < 1.29 is 9.90 Å². The van der Waals surface area contributed by atoms with Gasteiger partial charge in [-0.1, -0.05) is 66.7 Å². The van der Waals surface area contributed by atoms with Crippen LogP contribution in [0, 0.1) is 0 Å². The van der Waals surface area contributed by atoms with Gasteiger partial charge in [-0.25, -0.2) is 14.8 Å². The summed E-state index contributed by atoms with van der Waals surface area (Å²) in [6.07, 6.45) is 3.24. The molecule has 0 aliphatic rings. The Hall–Kier alpha value is -4.91. The molecule has 0 saturated heterocycles. The maximum absolute atomic E-state index is 11.0. The Morgan fingerprint density at radius 3 is 2.45 bits per heavy atom. The number of aromatic nitrogens is 3. The maximum Gasteiger partial charge on any atom is 0.331 e. The molecule has 0 saturated carbocycles. The molecule has 0 fully saturated rings. The molecule has 0 radical (unpaired) electrons. The molecule has 0 amide bonds. The molecular weight excluding hydrogens is 474 g/mol. The lowest BCUT2D eigenvalue weighted by Crippen LogP contribution is -2.08. The van der Waals surface area contributed by atoms with Gasteiger partial charge in [0.15, 0.2) is 0 Å². The number of benzene rings is 3. The van der Waals surface area contributed by atoms with Gasteiger partial charge < -0.3 is 20.7 Å². The first-order valence-corrected chi connectivity index (χ1v) is 12.5. The highest BCUT2D eigenvalue weighted by atomic mass is 16.4. The standard InChI is InChI=1S/C31H29N5O2/c1-20(31(37)38)16-22-8-10-23(11-9-22)18-32-26-14-12-25(13-15-26)28-17-27-29(33-19-34-30(27)36-28)35-21(2)24-6-4-3-5-7-24/h3-17,19,21,32H,18H2,1-2H3,(H,37,38)(H2,33,34,35,36)/t21-/m1/s1. The molecule has 0 unspecified atom stereocenters. The molecule has 5 rings (SSSR count). The number of H-pyrrole nitrogens is 1. The lowest BCUT2D eigenvalue weighted by Gasteiger charge is -2.15. The maximum atomic E-state index is 11.0. The van der Waals surface area contributed by atoms with Crippen LogP contribution < -0.4 is 10.6 Å². The Morgan fingerprint density at radius 2 is 1.74 bits per heavy atom. The monoisotopic (exact) mass is 503 g/mol. The fourth-order valence-electron chi connectivity index (χ4n) is 4.26. The number of carbonyl (C=O) groups is 1. The van der Waals surface area contributed by atoms with Crippen molar-refractivity contribution >= 4 is 34.6 Å². The van der Waals surface area contributed by atoms with E-state index in [0.717, 1.165) is 44.9 Å². The molecule has 0 aliphatic carbocycles. The third-order valence-corrected chi connectivity index (χ3v) is 6.47. The second-order valence-electron chi connectivity index (χ2n) is 9.25. The Labute approximate surface area is 221 Å². The van der Waals surface area contributed by atoms with Gasteiger partial charge >= 0.3 is 5.97 Å². The van der Waals surface area contributed by atoms with Gasteiger partial charge in [0, 0.05) is 29.5 Å². The molecule has 7 heteroatoms. The van der Waals surface area contributed by atoms with E-state index in [1.54, 1.807) is 19.3 Å². The van der Waals surface area contributed by atoms with E-state index in [2.05, 4.69) is 75.0 Å². The molecule has 2 aromatic heterocycles. The number of carboxylic acids is 1. The predicted molar refractivity (Wildman–Crippen MR) is 153 cm³/mol. The van der Waals surface area contributed by atoms with Crippen LogP contribution in [0.25, 0.3) is 28.4 Å². The summed E-state index contributed by atoms with van der Waals surface area (Å²) < 4.78 is 0. The Morgan fingerprint density at radius 1 is 1.00 bits per heavy atom. The minimum atomic E-state index is -0.908. The van der Waals surface area contributed by atoms with E-state index in [0.29, 0.717) is 12.1 Å². The molecule has 1 atom stereocenters. The quantitative estimate of drug-likeness (QED) is 0.163. The number of carboxylic acid groups (broad SMARTS) is 1. The third-order valence-electron chi connectivity index (χ3n) is 6.47. The highest BCUT2D eigenvalue weighted by Gasteiger charge is 2.12. The van der Waals surface area contributed by atoms with Gasteiger partial charge in [-0.15, -0.1) is 0 Å². The summed E-state index contributed by atoms with van der Waals surface area (Å²) in [5.41, 5.74) is 7.31. The summed E-state index contributed by atoms with van der Waals surface area (Å²) in [5, 5.41) is 16.9. The average molecular weight is 504 g/mol. The van der Waals surface area contributed by atoms with Crippen molar-refractivity contribution in [1.29, 1.82) is 0 Å². The van der Waals surface area contributed by atoms with Crippen molar-refractivity contribution in [3.63, 3.8) is 0 Å². The second kappa shape index (κ2) is 11.0. The van der Waals surface area contributed by atoms with Crippen molar-refractivity contribution in [1.82, 2.24) is 15.0 Å². The molecule has 5 aromatic rings. The molecular formula is C31H29N5O2. The van der Waals surface area contributed by atoms with Crippen molar-refractivity contribution in [2.45, 2.75) is 26.4 Å². The van der Waals surface area contributed by atoms with E-state index in [4.69, 9.17) is 5.11 Å². The number of anilines is 2. The minimum absolute atomic E-state index is 0.111. The number of aromatic amines is 1. The highest BCUT2D eigenvalue weighted by molar-refractivity contribution is 5.92. The number of fused-ring (bicyclic) bond motifs is 1. The van der Waals surface area contributed by atoms with Crippen molar-refractivity contribution in [2.24, 2.45) is 0 Å². The first kappa shape index (κ1) is 24.8. The zero-order valence-electron chi connectivity index (χ0n) is 21.3. The van der Waals surface area contributed by atoms with Crippen molar-refractivity contribution in [3.05, 3.63) is 114 Å². The molecule has 2 heterocycles. The van der Waals surface area contributed by atoms with Gasteiger partial charge in [0.25, 0.3) is 0 Å². The van der Waals surface area contributed by atoms with E-state index in [1.807, 2.05) is 42.5 Å². The van der Waals surface area contributed by atoms with Gasteiger partial charge in [0.1, 0.15) is 17.8 Å². The summed E-state index contributed by atoms with van der Waals surface area (Å²) in [4.78, 5) is 23.3. The number of hydrogen-bond donors (Lipinski definition) is 4. The van der Waals surface area contributed by atoms with Gasteiger partial charge in [0.05, 0.1) is 5.39 Å². The normalized spacial score (nSPS) is 12.3. The average Bonchev–Trinajstić information content (AvgIpc) is 3.39. The van der Waals surface area contributed by atoms with Crippen LogP contribution in [-0.4, -0.2) is 26.0 Å². The molecule has 0 spiro atoms. The largest absolute Gasteiger partial charge is 0.478 e.